The molecule has 4 heteroatoms. The van der Waals surface area contributed by atoms with E-state index in [9.17, 15) is 9.69 Å². The molecule has 102 valence electrons. The summed E-state index contributed by atoms with van der Waals surface area (Å²) in [6, 6.07) is 15.3. The van der Waals surface area contributed by atoms with Crippen LogP contribution in [0.4, 0.5) is 0 Å². The molecule has 3 rings (SSSR count). The molecule has 0 bridgehead atoms. The van der Waals surface area contributed by atoms with E-state index < -0.39 is 13.4 Å². The molecule has 0 saturated heterocycles. The van der Waals surface area contributed by atoms with Crippen LogP contribution in [0.15, 0.2) is 48.5 Å². The number of para-hydroxylation sites is 1. The average molecular weight is 287 g/mol. The Hall–Kier alpha value is -1.70. The lowest BCUT2D eigenvalue weighted by Gasteiger charge is -2.29. The molecule has 0 spiro atoms. The Balaban J connectivity index is 2.25. The van der Waals surface area contributed by atoms with Crippen molar-refractivity contribution in [1.29, 1.82) is 0 Å². The smallest absolute Gasteiger partial charge is 0.313 e. The van der Waals surface area contributed by atoms with E-state index in [2.05, 4.69) is 0 Å². The summed E-state index contributed by atoms with van der Waals surface area (Å²) < 4.78 is 5.93. The van der Waals surface area contributed by atoms with Crippen molar-refractivity contribution < 1.29 is 14.2 Å². The molecule has 2 aromatic carbocycles. The summed E-state index contributed by atoms with van der Waals surface area (Å²) in [5.41, 5.74) is 1.44. The highest BCUT2D eigenvalue weighted by Gasteiger charge is 2.54. The Morgan fingerprint density at radius 1 is 1.15 bits per heavy atom. The summed E-state index contributed by atoms with van der Waals surface area (Å²) in [5, 5.41) is 0.762. The summed E-state index contributed by atoms with van der Waals surface area (Å²) in [4.78, 5) is 22.4. The lowest BCUT2D eigenvalue weighted by molar-refractivity contribution is -0.107. The highest BCUT2D eigenvalue weighted by Crippen LogP contribution is 2.64. The number of hydrogen-bond acceptors (Lipinski definition) is 3. The van der Waals surface area contributed by atoms with Crippen LogP contribution in [0.1, 0.15) is 13.3 Å². The lowest BCUT2D eigenvalue weighted by Crippen LogP contribution is -2.31. The molecule has 3 nitrogen and oxygen atoms in total. The van der Waals surface area contributed by atoms with E-state index in [1.54, 1.807) is 0 Å². The summed E-state index contributed by atoms with van der Waals surface area (Å²) in [7, 11) is -2.96. The molecule has 2 atom stereocenters. The van der Waals surface area contributed by atoms with Gasteiger partial charge in [0, 0.05) is 11.1 Å². The molecule has 0 aromatic heterocycles. The Labute approximate surface area is 118 Å². The van der Waals surface area contributed by atoms with Gasteiger partial charge in [0.25, 0.3) is 0 Å². The maximum Gasteiger partial charge on any atom is 0.360 e. The van der Waals surface area contributed by atoms with Gasteiger partial charge in [0.15, 0.2) is 23.0 Å². The molecule has 1 heterocycles. The van der Waals surface area contributed by atoms with Crippen molar-refractivity contribution in [2.45, 2.75) is 19.0 Å². The fourth-order valence-corrected chi connectivity index (χ4v) is 5.17. The second kappa shape index (κ2) is 5.01. The summed E-state index contributed by atoms with van der Waals surface area (Å²) in [6.07, 6.45) is 1.38. The average Bonchev–Trinajstić information content (AvgIpc) is 2.49. The third-order valence-corrected chi connectivity index (χ3v) is 6.63. The van der Waals surface area contributed by atoms with Crippen LogP contribution < -0.4 is 9.83 Å². The number of aldehydes is 1. The van der Waals surface area contributed by atoms with Crippen LogP contribution in [-0.4, -0.2) is 16.8 Å². The largest absolute Gasteiger partial charge is 0.360 e. The Morgan fingerprint density at radius 2 is 1.80 bits per heavy atom. The minimum absolute atomic E-state index is 0.489. The van der Waals surface area contributed by atoms with Crippen molar-refractivity contribution in [2.24, 2.45) is 0 Å². The van der Waals surface area contributed by atoms with E-state index in [4.69, 9.17) is 4.52 Å². The molecule has 2 aromatic rings. The number of benzene rings is 2. The second-order valence-corrected chi connectivity index (χ2v) is 7.41. The van der Waals surface area contributed by atoms with Crippen LogP contribution in [0.2, 0.25) is 0 Å². The van der Waals surface area contributed by atoms with Crippen LogP contribution >= 0.6 is 7.72 Å². The van der Waals surface area contributed by atoms with Gasteiger partial charge in [0.1, 0.15) is 0 Å². The molecule has 0 aliphatic carbocycles. The second-order valence-electron chi connectivity index (χ2n) is 4.84. The van der Waals surface area contributed by atoms with Gasteiger partial charge < -0.3 is 4.52 Å². The van der Waals surface area contributed by atoms with Crippen molar-refractivity contribution >= 4 is 19.3 Å². The van der Waals surface area contributed by atoms with Gasteiger partial charge in [-0.2, -0.15) is 0 Å². The number of fused-ring (bicyclic) bond motifs is 3. The Morgan fingerprint density at radius 3 is 2.50 bits per heavy atom. The van der Waals surface area contributed by atoms with Gasteiger partial charge in [0.05, 0.1) is 0 Å². The molecule has 0 amide bonds. The molecule has 0 saturated carbocycles. The predicted molar refractivity (Wildman–Crippen MR) is 81.4 cm³/mol. The zero-order valence-corrected chi connectivity index (χ0v) is 12.1. The van der Waals surface area contributed by atoms with E-state index in [1.165, 1.54) is 0 Å². The first-order valence-electron chi connectivity index (χ1n) is 6.66. The van der Waals surface area contributed by atoms with Crippen LogP contribution in [0.3, 0.4) is 0 Å². The Bertz CT molecular complexity index is 656. The maximum atomic E-state index is 11.4. The monoisotopic (exact) mass is 287 g/mol. The zero-order valence-electron chi connectivity index (χ0n) is 11.2. The molecule has 0 fully saturated rings. The van der Waals surface area contributed by atoms with Crippen LogP contribution in [0, 0.1) is 0 Å². The molecule has 1 aliphatic heterocycles. The number of hydrogen-bond donors (Lipinski definition) is 1. The normalized spacial score (nSPS) is 21.3. The van der Waals surface area contributed by atoms with E-state index in [0.29, 0.717) is 12.2 Å². The van der Waals surface area contributed by atoms with Crippen LogP contribution in [0.5, 0.6) is 5.75 Å². The molecular formula is C16H16O3P+. The number of carbonyl (C=O) groups is 1. The highest BCUT2D eigenvalue weighted by molar-refractivity contribution is 7.75. The van der Waals surface area contributed by atoms with Gasteiger partial charge in [0.2, 0.25) is 0 Å². The first-order valence-corrected chi connectivity index (χ1v) is 8.39. The van der Waals surface area contributed by atoms with Gasteiger partial charge in [-0.25, -0.2) is 4.89 Å². The van der Waals surface area contributed by atoms with Crippen LogP contribution in [-0.2, 0) is 4.79 Å². The summed E-state index contributed by atoms with van der Waals surface area (Å²) in [5.74, 6) is 0.655. The predicted octanol–water partition coefficient (Wildman–Crippen LogP) is 3.19. The summed E-state index contributed by atoms with van der Waals surface area (Å²) >= 11 is 0. The third kappa shape index (κ3) is 1.86. The van der Waals surface area contributed by atoms with Crippen molar-refractivity contribution in [2.75, 3.05) is 0 Å². The van der Waals surface area contributed by atoms with E-state index in [0.717, 1.165) is 22.7 Å². The fraction of sp³-hybridized carbons (Fsp3) is 0.188. The molecular weight excluding hydrogens is 271 g/mol. The molecule has 1 aliphatic rings. The van der Waals surface area contributed by atoms with Crippen molar-refractivity contribution in [3.05, 3.63) is 48.5 Å². The molecule has 20 heavy (non-hydrogen) atoms. The first kappa shape index (κ1) is 13.3. The van der Waals surface area contributed by atoms with Gasteiger partial charge in [-0.1, -0.05) is 43.3 Å². The molecule has 0 radical (unpaired) electrons. The SMILES string of the molecule is CCC(C=O)[P+]1(O)Oc2ccccc2-c2ccccc21. The fourth-order valence-electron chi connectivity index (χ4n) is 2.62. The number of rotatable bonds is 3. The van der Waals surface area contributed by atoms with Gasteiger partial charge in [-0.05, 0) is 18.6 Å². The van der Waals surface area contributed by atoms with Crippen molar-refractivity contribution in [3.8, 4) is 16.9 Å². The van der Waals surface area contributed by atoms with Crippen molar-refractivity contribution in [3.63, 3.8) is 0 Å². The standard InChI is InChI=1S/C16H16O3P/c1-2-12(11-17)20(18)16-10-6-4-8-14(16)13-7-3-5-9-15(13)19-20/h3-12,18H,2H2,1H3/q+1. The summed E-state index contributed by atoms with van der Waals surface area (Å²) in [6.45, 7) is 1.89. The van der Waals surface area contributed by atoms with E-state index in [1.807, 2.05) is 55.5 Å². The molecule has 1 N–H and O–H groups in total. The highest BCUT2D eigenvalue weighted by atomic mass is 31.2. The van der Waals surface area contributed by atoms with Gasteiger partial charge in [-0.15, -0.1) is 0 Å². The van der Waals surface area contributed by atoms with Gasteiger partial charge >= 0.3 is 7.72 Å². The minimum atomic E-state index is -2.96. The minimum Gasteiger partial charge on any atom is -0.313 e. The van der Waals surface area contributed by atoms with Crippen molar-refractivity contribution in [1.82, 2.24) is 0 Å². The zero-order chi connectivity index (χ0) is 14.2. The topological polar surface area (TPSA) is 46.5 Å². The van der Waals surface area contributed by atoms with Gasteiger partial charge in [-0.3, -0.25) is 4.79 Å². The van der Waals surface area contributed by atoms with E-state index >= 15 is 0 Å². The van der Waals surface area contributed by atoms with E-state index in [-0.39, 0.29) is 0 Å². The lowest BCUT2D eigenvalue weighted by atomic mass is 10.0. The Kier molecular flexibility index (Phi) is 3.33. The molecule has 2 unspecified atom stereocenters. The van der Waals surface area contributed by atoms with Crippen LogP contribution in [0.25, 0.3) is 11.1 Å². The maximum absolute atomic E-state index is 11.4. The number of carbonyl (C=O) groups excluding carboxylic acids is 1. The third-order valence-electron chi connectivity index (χ3n) is 3.69. The quantitative estimate of drug-likeness (QED) is 0.696. The first-order chi connectivity index (χ1) is 9.70.